The summed E-state index contributed by atoms with van der Waals surface area (Å²) in [6, 6.07) is 15.4. The molecule has 0 spiro atoms. The fourth-order valence-corrected chi connectivity index (χ4v) is 4.47. The summed E-state index contributed by atoms with van der Waals surface area (Å²) in [5.74, 6) is -3.21. The van der Waals surface area contributed by atoms with E-state index in [-0.39, 0.29) is 5.56 Å². The van der Waals surface area contributed by atoms with Gasteiger partial charge in [0.1, 0.15) is 17.3 Å². The van der Waals surface area contributed by atoms with E-state index in [1.807, 2.05) is 0 Å². The molecule has 2 aromatic carbocycles. The van der Waals surface area contributed by atoms with Crippen molar-refractivity contribution in [2.75, 3.05) is 14.2 Å². The predicted molar refractivity (Wildman–Crippen MR) is 100 cm³/mol. The monoisotopic (exact) mass is 396 g/mol. The standard InChI is InChI=1S/C22H20O7/c1-21(13-9-5-4-6-10-13)22(19(24)26-2,20(25)27-3)16-17(23)14-11-7-8-12-15(14)28-18(16)29-21/h4-12,16,18H,1-3H3/t16-,18-,21+/m0/s1. The second-order valence-electron chi connectivity index (χ2n) is 7.13. The molecule has 7 nitrogen and oxygen atoms in total. The summed E-state index contributed by atoms with van der Waals surface area (Å²) in [5, 5.41) is 0. The van der Waals surface area contributed by atoms with Gasteiger partial charge in [-0.05, 0) is 24.6 Å². The third kappa shape index (κ3) is 2.37. The summed E-state index contributed by atoms with van der Waals surface area (Å²) < 4.78 is 22.2. The number of para-hydroxylation sites is 1. The molecule has 1 saturated heterocycles. The number of ketones is 1. The van der Waals surface area contributed by atoms with E-state index in [1.54, 1.807) is 61.5 Å². The Labute approximate surface area is 167 Å². The van der Waals surface area contributed by atoms with Crippen LogP contribution in [0, 0.1) is 11.3 Å². The van der Waals surface area contributed by atoms with E-state index in [1.165, 1.54) is 0 Å². The number of rotatable bonds is 3. The molecule has 2 aliphatic rings. The highest BCUT2D eigenvalue weighted by Crippen LogP contribution is 2.60. The second-order valence-corrected chi connectivity index (χ2v) is 7.13. The molecular weight excluding hydrogens is 376 g/mol. The number of fused-ring (bicyclic) bond motifs is 2. The summed E-state index contributed by atoms with van der Waals surface area (Å²) in [6.07, 6.45) is -1.17. The lowest BCUT2D eigenvalue weighted by molar-refractivity contribution is -0.188. The van der Waals surface area contributed by atoms with Gasteiger partial charge in [-0.15, -0.1) is 0 Å². The normalized spacial score (nSPS) is 26.7. The smallest absolute Gasteiger partial charge is 0.327 e. The van der Waals surface area contributed by atoms with Crippen LogP contribution in [0.5, 0.6) is 5.75 Å². The van der Waals surface area contributed by atoms with E-state index in [2.05, 4.69) is 0 Å². The number of carbonyl (C=O) groups is 3. The Morgan fingerprint density at radius 2 is 1.52 bits per heavy atom. The van der Waals surface area contributed by atoms with Gasteiger partial charge in [0.2, 0.25) is 11.7 Å². The minimum atomic E-state index is -2.09. The van der Waals surface area contributed by atoms with E-state index < -0.39 is 40.9 Å². The molecule has 2 aliphatic heterocycles. The van der Waals surface area contributed by atoms with Crippen LogP contribution >= 0.6 is 0 Å². The molecule has 0 bridgehead atoms. The van der Waals surface area contributed by atoms with Crippen molar-refractivity contribution < 1.29 is 33.3 Å². The van der Waals surface area contributed by atoms with Gasteiger partial charge in [-0.2, -0.15) is 0 Å². The molecule has 0 aliphatic carbocycles. The molecule has 4 rings (SSSR count). The number of carbonyl (C=O) groups excluding carboxylic acids is 3. The number of esters is 2. The van der Waals surface area contributed by atoms with Crippen molar-refractivity contribution in [2.24, 2.45) is 11.3 Å². The molecule has 29 heavy (non-hydrogen) atoms. The molecule has 0 saturated carbocycles. The van der Waals surface area contributed by atoms with Crippen LogP contribution in [0.1, 0.15) is 22.8 Å². The molecule has 7 heteroatoms. The first-order valence-electron chi connectivity index (χ1n) is 9.12. The zero-order valence-electron chi connectivity index (χ0n) is 16.2. The zero-order chi connectivity index (χ0) is 20.8. The summed E-state index contributed by atoms with van der Waals surface area (Å²) in [7, 11) is 2.32. The van der Waals surface area contributed by atoms with Crippen LogP contribution in [0.15, 0.2) is 54.6 Å². The van der Waals surface area contributed by atoms with Crippen molar-refractivity contribution in [3.05, 3.63) is 65.7 Å². The molecule has 0 aromatic heterocycles. The zero-order valence-corrected chi connectivity index (χ0v) is 16.2. The molecule has 3 atom stereocenters. The molecule has 0 unspecified atom stereocenters. The van der Waals surface area contributed by atoms with E-state index in [4.69, 9.17) is 18.9 Å². The summed E-state index contributed by atoms with van der Waals surface area (Å²) >= 11 is 0. The Morgan fingerprint density at radius 1 is 0.931 bits per heavy atom. The van der Waals surface area contributed by atoms with Gasteiger partial charge < -0.3 is 18.9 Å². The largest absolute Gasteiger partial charge is 0.468 e. The molecule has 0 N–H and O–H groups in total. The first kappa shape index (κ1) is 19.1. The summed E-state index contributed by atoms with van der Waals surface area (Å²) in [5.41, 5.74) is -2.87. The van der Waals surface area contributed by atoms with Crippen molar-refractivity contribution in [1.82, 2.24) is 0 Å². The van der Waals surface area contributed by atoms with Crippen molar-refractivity contribution in [3.63, 3.8) is 0 Å². The number of hydrogen-bond donors (Lipinski definition) is 0. The van der Waals surface area contributed by atoms with Crippen molar-refractivity contribution in [1.29, 1.82) is 0 Å². The van der Waals surface area contributed by atoms with Crippen LogP contribution in [0.3, 0.4) is 0 Å². The molecule has 1 fully saturated rings. The van der Waals surface area contributed by atoms with Gasteiger partial charge in [-0.25, -0.2) is 0 Å². The Balaban J connectivity index is 2.01. The second kappa shape index (κ2) is 6.70. The van der Waals surface area contributed by atoms with Gasteiger partial charge in [0.05, 0.1) is 19.8 Å². The number of methoxy groups -OCH3 is 2. The minimum Gasteiger partial charge on any atom is -0.468 e. The molecule has 0 amide bonds. The average Bonchev–Trinajstić information content (AvgIpc) is 3.03. The van der Waals surface area contributed by atoms with E-state index >= 15 is 0 Å². The van der Waals surface area contributed by atoms with Crippen LogP contribution in [0.25, 0.3) is 0 Å². The Bertz CT molecular complexity index is 968. The highest BCUT2D eigenvalue weighted by atomic mass is 16.7. The summed E-state index contributed by atoms with van der Waals surface area (Å²) in [6.45, 7) is 1.58. The fourth-order valence-electron chi connectivity index (χ4n) is 4.47. The van der Waals surface area contributed by atoms with Crippen molar-refractivity contribution >= 4 is 17.7 Å². The van der Waals surface area contributed by atoms with Crippen molar-refractivity contribution in [2.45, 2.75) is 18.8 Å². The van der Waals surface area contributed by atoms with Crippen LogP contribution in [-0.4, -0.2) is 38.2 Å². The Morgan fingerprint density at radius 3 is 2.14 bits per heavy atom. The lowest BCUT2D eigenvalue weighted by atomic mass is 9.61. The first-order valence-corrected chi connectivity index (χ1v) is 9.12. The third-order valence-corrected chi connectivity index (χ3v) is 5.86. The van der Waals surface area contributed by atoms with Crippen LogP contribution < -0.4 is 4.74 Å². The van der Waals surface area contributed by atoms with Crippen LogP contribution in [-0.2, 0) is 29.4 Å². The SMILES string of the molecule is COC(=O)C1(C(=O)OC)[C@H]2C(=O)c3ccccc3O[C@H]2O[C@]1(C)c1ccccc1. The number of Topliss-reactive ketones (excluding diaryl/α,β-unsaturated/α-hetero) is 1. The highest BCUT2D eigenvalue weighted by Gasteiger charge is 2.77. The summed E-state index contributed by atoms with van der Waals surface area (Å²) in [4.78, 5) is 40.0. The molecule has 150 valence electrons. The highest BCUT2D eigenvalue weighted by molar-refractivity contribution is 6.12. The predicted octanol–water partition coefficient (Wildman–Crippen LogP) is 2.48. The van der Waals surface area contributed by atoms with E-state index in [9.17, 15) is 14.4 Å². The van der Waals surface area contributed by atoms with Gasteiger partial charge in [0.15, 0.2) is 5.78 Å². The average molecular weight is 396 g/mol. The maximum Gasteiger partial charge on any atom is 0.327 e. The number of hydrogen-bond acceptors (Lipinski definition) is 7. The number of benzene rings is 2. The molecule has 2 heterocycles. The Kier molecular flexibility index (Phi) is 4.42. The number of ether oxygens (including phenoxy) is 4. The van der Waals surface area contributed by atoms with Crippen molar-refractivity contribution in [3.8, 4) is 5.75 Å². The third-order valence-electron chi connectivity index (χ3n) is 5.86. The Hall–Kier alpha value is -3.19. The fraction of sp³-hybridized carbons (Fsp3) is 0.318. The molecule has 0 radical (unpaired) electrons. The van der Waals surface area contributed by atoms with E-state index in [0.29, 0.717) is 11.3 Å². The van der Waals surface area contributed by atoms with Crippen LogP contribution in [0.2, 0.25) is 0 Å². The maximum atomic E-state index is 13.5. The van der Waals surface area contributed by atoms with Gasteiger partial charge >= 0.3 is 11.9 Å². The van der Waals surface area contributed by atoms with Gasteiger partial charge in [-0.1, -0.05) is 42.5 Å². The minimum absolute atomic E-state index is 0.270. The molecule has 2 aromatic rings. The lowest BCUT2D eigenvalue weighted by Gasteiger charge is -2.39. The quantitative estimate of drug-likeness (QED) is 0.582. The van der Waals surface area contributed by atoms with Gasteiger partial charge in [0, 0.05) is 0 Å². The molecular formula is C22H20O7. The lowest BCUT2D eigenvalue weighted by Crippen LogP contribution is -2.58. The van der Waals surface area contributed by atoms with Crippen LogP contribution in [0.4, 0.5) is 0 Å². The van der Waals surface area contributed by atoms with Gasteiger partial charge in [0.25, 0.3) is 0 Å². The first-order chi connectivity index (χ1) is 13.9. The topological polar surface area (TPSA) is 88.1 Å². The maximum absolute atomic E-state index is 13.5. The van der Waals surface area contributed by atoms with E-state index in [0.717, 1.165) is 14.2 Å². The van der Waals surface area contributed by atoms with Gasteiger partial charge in [-0.3, -0.25) is 14.4 Å².